The van der Waals surface area contributed by atoms with Gasteiger partial charge in [-0.3, -0.25) is 0 Å². The maximum absolute atomic E-state index is 12.6. The van der Waals surface area contributed by atoms with Gasteiger partial charge in [-0.25, -0.2) is 9.37 Å². The van der Waals surface area contributed by atoms with Gasteiger partial charge in [0.2, 0.25) is 0 Å². The topological polar surface area (TPSA) is 24.9 Å². The van der Waals surface area contributed by atoms with Crippen LogP contribution < -0.4 is 5.32 Å². The standard InChI is InChI=1S/C11H11FN2S/c12-9-1-3-10(4-2-9)13-6-5-11-7-15-8-14-11/h1-4,7-8,13H,5-6H2. The van der Waals surface area contributed by atoms with Crippen LogP contribution in [0.15, 0.2) is 35.2 Å². The molecule has 0 aliphatic heterocycles. The molecule has 1 aromatic carbocycles. The fourth-order valence-electron chi connectivity index (χ4n) is 1.26. The lowest BCUT2D eigenvalue weighted by Gasteiger charge is -2.04. The number of halogens is 1. The van der Waals surface area contributed by atoms with Crippen LogP contribution in [-0.2, 0) is 6.42 Å². The van der Waals surface area contributed by atoms with Crippen LogP contribution in [0, 0.1) is 5.82 Å². The third-order valence-corrected chi connectivity index (χ3v) is 2.67. The molecule has 0 amide bonds. The molecule has 4 heteroatoms. The molecule has 0 aliphatic rings. The normalized spacial score (nSPS) is 10.2. The summed E-state index contributed by atoms with van der Waals surface area (Å²) < 4.78 is 12.6. The number of benzene rings is 1. The predicted octanol–water partition coefficient (Wildman–Crippen LogP) is 2.94. The number of hydrogen-bond acceptors (Lipinski definition) is 3. The molecule has 0 saturated heterocycles. The first-order valence-corrected chi connectivity index (χ1v) is 5.65. The summed E-state index contributed by atoms with van der Waals surface area (Å²) in [5, 5.41) is 5.24. The molecule has 0 aliphatic carbocycles. The summed E-state index contributed by atoms with van der Waals surface area (Å²) in [5.41, 5.74) is 3.86. The number of thiazole rings is 1. The quantitative estimate of drug-likeness (QED) is 0.860. The Morgan fingerprint density at radius 1 is 1.27 bits per heavy atom. The van der Waals surface area contributed by atoms with Gasteiger partial charge in [0.1, 0.15) is 5.82 Å². The third-order valence-electron chi connectivity index (χ3n) is 2.04. The van der Waals surface area contributed by atoms with E-state index in [-0.39, 0.29) is 5.82 Å². The van der Waals surface area contributed by atoms with Gasteiger partial charge in [0.05, 0.1) is 11.2 Å². The third kappa shape index (κ3) is 3.02. The van der Waals surface area contributed by atoms with Crippen molar-refractivity contribution in [2.45, 2.75) is 6.42 Å². The van der Waals surface area contributed by atoms with Crippen molar-refractivity contribution in [1.82, 2.24) is 4.98 Å². The van der Waals surface area contributed by atoms with E-state index < -0.39 is 0 Å². The van der Waals surface area contributed by atoms with Crippen molar-refractivity contribution >= 4 is 17.0 Å². The summed E-state index contributed by atoms with van der Waals surface area (Å²) in [6.45, 7) is 0.815. The fourth-order valence-corrected chi connectivity index (χ4v) is 1.86. The molecular formula is C11H11FN2S. The van der Waals surface area contributed by atoms with Gasteiger partial charge in [0.25, 0.3) is 0 Å². The minimum absolute atomic E-state index is 0.208. The Morgan fingerprint density at radius 2 is 2.07 bits per heavy atom. The van der Waals surface area contributed by atoms with E-state index in [2.05, 4.69) is 10.3 Å². The van der Waals surface area contributed by atoms with E-state index in [4.69, 9.17) is 0 Å². The zero-order valence-electron chi connectivity index (χ0n) is 8.11. The Morgan fingerprint density at radius 3 is 2.73 bits per heavy atom. The minimum Gasteiger partial charge on any atom is -0.385 e. The van der Waals surface area contributed by atoms with Gasteiger partial charge in [-0.2, -0.15) is 0 Å². The maximum Gasteiger partial charge on any atom is 0.123 e. The van der Waals surface area contributed by atoms with Crippen LogP contribution >= 0.6 is 11.3 Å². The van der Waals surface area contributed by atoms with Gasteiger partial charge < -0.3 is 5.32 Å². The Labute approximate surface area is 91.8 Å². The van der Waals surface area contributed by atoms with Gasteiger partial charge in [-0.05, 0) is 24.3 Å². The fraction of sp³-hybridized carbons (Fsp3) is 0.182. The molecule has 1 N–H and O–H groups in total. The molecular weight excluding hydrogens is 211 g/mol. The summed E-state index contributed by atoms with van der Waals surface area (Å²) >= 11 is 1.60. The molecule has 15 heavy (non-hydrogen) atoms. The van der Waals surface area contributed by atoms with Gasteiger partial charge in [-0.15, -0.1) is 11.3 Å². The average molecular weight is 222 g/mol. The Kier molecular flexibility index (Phi) is 3.29. The van der Waals surface area contributed by atoms with E-state index in [1.54, 1.807) is 23.5 Å². The second-order valence-electron chi connectivity index (χ2n) is 3.16. The molecule has 2 rings (SSSR count). The smallest absolute Gasteiger partial charge is 0.123 e. The van der Waals surface area contributed by atoms with Crippen LogP contribution in [0.1, 0.15) is 5.69 Å². The molecule has 1 aromatic heterocycles. The zero-order valence-corrected chi connectivity index (χ0v) is 8.93. The van der Waals surface area contributed by atoms with Gasteiger partial charge in [-0.1, -0.05) is 0 Å². The Hall–Kier alpha value is -1.42. The molecule has 1 heterocycles. The van der Waals surface area contributed by atoms with Crippen molar-refractivity contribution in [3.63, 3.8) is 0 Å². The van der Waals surface area contributed by atoms with Gasteiger partial charge in [0, 0.05) is 24.0 Å². The van der Waals surface area contributed by atoms with Gasteiger partial charge in [0.15, 0.2) is 0 Å². The zero-order chi connectivity index (χ0) is 10.5. The number of anilines is 1. The highest BCUT2D eigenvalue weighted by Gasteiger charge is 1.95. The molecule has 0 saturated carbocycles. The lowest BCUT2D eigenvalue weighted by Crippen LogP contribution is -2.04. The molecule has 2 nitrogen and oxygen atoms in total. The van der Waals surface area contributed by atoms with Crippen LogP contribution in [-0.4, -0.2) is 11.5 Å². The first kappa shape index (κ1) is 10.1. The highest BCUT2D eigenvalue weighted by molar-refractivity contribution is 7.07. The summed E-state index contributed by atoms with van der Waals surface area (Å²) in [5.74, 6) is -0.208. The van der Waals surface area contributed by atoms with Crippen molar-refractivity contribution in [1.29, 1.82) is 0 Å². The van der Waals surface area contributed by atoms with Crippen LogP contribution in [0.5, 0.6) is 0 Å². The number of nitrogens with zero attached hydrogens (tertiary/aromatic N) is 1. The minimum atomic E-state index is -0.208. The molecule has 2 aromatic rings. The molecule has 0 unspecified atom stereocenters. The second kappa shape index (κ2) is 4.89. The largest absolute Gasteiger partial charge is 0.385 e. The lowest BCUT2D eigenvalue weighted by molar-refractivity contribution is 0.628. The van der Waals surface area contributed by atoms with E-state index in [9.17, 15) is 4.39 Å². The summed E-state index contributed by atoms with van der Waals surface area (Å²) in [7, 11) is 0. The molecule has 0 fully saturated rings. The highest BCUT2D eigenvalue weighted by atomic mass is 32.1. The van der Waals surface area contributed by atoms with Gasteiger partial charge >= 0.3 is 0 Å². The summed E-state index contributed by atoms with van der Waals surface area (Å²) in [4.78, 5) is 4.18. The number of aromatic nitrogens is 1. The first-order valence-electron chi connectivity index (χ1n) is 4.71. The van der Waals surface area contributed by atoms with Crippen LogP contribution in [0.3, 0.4) is 0 Å². The average Bonchev–Trinajstić information content (AvgIpc) is 2.74. The van der Waals surface area contributed by atoms with E-state index in [0.29, 0.717) is 0 Å². The van der Waals surface area contributed by atoms with Crippen molar-refractivity contribution in [2.75, 3.05) is 11.9 Å². The van der Waals surface area contributed by atoms with E-state index in [1.807, 2.05) is 10.9 Å². The molecule has 0 spiro atoms. The molecule has 78 valence electrons. The predicted molar refractivity (Wildman–Crippen MR) is 60.7 cm³/mol. The van der Waals surface area contributed by atoms with Crippen molar-refractivity contribution in [3.8, 4) is 0 Å². The number of nitrogens with one attached hydrogen (secondary N) is 1. The number of rotatable bonds is 4. The first-order chi connectivity index (χ1) is 7.34. The van der Waals surface area contributed by atoms with Crippen molar-refractivity contribution in [3.05, 3.63) is 46.7 Å². The molecule has 0 atom stereocenters. The van der Waals surface area contributed by atoms with E-state index in [0.717, 1.165) is 24.3 Å². The monoisotopic (exact) mass is 222 g/mol. The lowest BCUT2D eigenvalue weighted by atomic mass is 10.3. The van der Waals surface area contributed by atoms with Crippen LogP contribution in [0.25, 0.3) is 0 Å². The van der Waals surface area contributed by atoms with E-state index in [1.165, 1.54) is 12.1 Å². The SMILES string of the molecule is Fc1ccc(NCCc2cscn2)cc1. The Bertz CT molecular complexity index is 397. The van der Waals surface area contributed by atoms with E-state index >= 15 is 0 Å². The van der Waals surface area contributed by atoms with Crippen LogP contribution in [0.2, 0.25) is 0 Å². The van der Waals surface area contributed by atoms with Crippen LogP contribution in [0.4, 0.5) is 10.1 Å². The van der Waals surface area contributed by atoms with Crippen molar-refractivity contribution in [2.24, 2.45) is 0 Å². The van der Waals surface area contributed by atoms with Crippen molar-refractivity contribution < 1.29 is 4.39 Å². The second-order valence-corrected chi connectivity index (χ2v) is 3.88. The summed E-state index contributed by atoms with van der Waals surface area (Å²) in [6, 6.07) is 6.36. The molecule has 0 radical (unpaired) electrons. The summed E-state index contributed by atoms with van der Waals surface area (Å²) in [6.07, 6.45) is 0.890. The highest BCUT2D eigenvalue weighted by Crippen LogP contribution is 2.08. The number of hydrogen-bond donors (Lipinski definition) is 1. The Balaban J connectivity index is 1.81. The molecule has 0 bridgehead atoms. The maximum atomic E-state index is 12.6.